The van der Waals surface area contributed by atoms with Crippen molar-refractivity contribution < 1.29 is 23.4 Å². The average Bonchev–Trinajstić information content (AvgIpc) is 2.21. The zero-order valence-corrected chi connectivity index (χ0v) is 8.61. The summed E-state index contributed by atoms with van der Waals surface area (Å²) in [6, 6.07) is 0.895. The molecule has 1 heterocycles. The van der Waals surface area contributed by atoms with Crippen LogP contribution in [0.3, 0.4) is 0 Å². The number of rotatable bonds is 4. The number of aromatic nitrogens is 1. The van der Waals surface area contributed by atoms with Crippen molar-refractivity contribution >= 4 is 5.97 Å². The lowest BCUT2D eigenvalue weighted by Crippen LogP contribution is -2.09. The van der Waals surface area contributed by atoms with E-state index in [4.69, 9.17) is 0 Å². The van der Waals surface area contributed by atoms with E-state index in [-0.39, 0.29) is 24.3 Å². The van der Waals surface area contributed by atoms with Crippen molar-refractivity contribution in [3.63, 3.8) is 0 Å². The van der Waals surface area contributed by atoms with Crippen molar-refractivity contribution in [2.45, 2.75) is 19.8 Å². The Kier molecular flexibility index (Phi) is 4.16. The fourth-order valence-corrected chi connectivity index (χ4v) is 1.10. The molecule has 0 radical (unpaired) electrons. The van der Waals surface area contributed by atoms with Crippen molar-refractivity contribution in [3.8, 4) is 5.75 Å². The number of carbonyl (C=O) groups is 1. The van der Waals surface area contributed by atoms with Crippen LogP contribution in [0.5, 0.6) is 5.75 Å². The largest absolute Gasteiger partial charge is 0.506 e. The first-order valence-corrected chi connectivity index (χ1v) is 4.66. The summed E-state index contributed by atoms with van der Waals surface area (Å²) in [4.78, 5) is 14.7. The van der Waals surface area contributed by atoms with E-state index in [1.165, 1.54) is 0 Å². The number of hydrogen-bond acceptors (Lipinski definition) is 4. The summed E-state index contributed by atoms with van der Waals surface area (Å²) in [7, 11) is 0. The highest BCUT2D eigenvalue weighted by Crippen LogP contribution is 2.24. The Bertz CT molecular complexity index is 382. The maximum absolute atomic E-state index is 12.2. The van der Waals surface area contributed by atoms with Gasteiger partial charge in [0.1, 0.15) is 5.75 Å². The van der Waals surface area contributed by atoms with E-state index in [0.29, 0.717) is 0 Å². The zero-order valence-electron chi connectivity index (χ0n) is 8.61. The molecule has 16 heavy (non-hydrogen) atoms. The average molecular weight is 231 g/mol. The number of aromatic hydroxyl groups is 1. The van der Waals surface area contributed by atoms with Crippen LogP contribution in [-0.4, -0.2) is 22.7 Å². The minimum Gasteiger partial charge on any atom is -0.506 e. The molecule has 4 nitrogen and oxygen atoms in total. The Morgan fingerprint density at radius 3 is 2.81 bits per heavy atom. The number of pyridine rings is 1. The summed E-state index contributed by atoms with van der Waals surface area (Å²) >= 11 is 0. The van der Waals surface area contributed by atoms with Crippen molar-refractivity contribution in [2.75, 3.05) is 6.61 Å². The first-order chi connectivity index (χ1) is 7.54. The summed E-state index contributed by atoms with van der Waals surface area (Å²) in [5, 5.41) is 9.35. The molecule has 0 unspecified atom stereocenters. The van der Waals surface area contributed by atoms with Crippen LogP contribution in [0, 0.1) is 0 Å². The molecule has 1 aromatic heterocycles. The summed E-state index contributed by atoms with van der Waals surface area (Å²) in [5.41, 5.74) is -0.354. The van der Waals surface area contributed by atoms with E-state index >= 15 is 0 Å². The summed E-state index contributed by atoms with van der Waals surface area (Å²) in [5.74, 6) is -0.985. The van der Waals surface area contributed by atoms with Crippen molar-refractivity contribution in [1.82, 2.24) is 4.98 Å². The van der Waals surface area contributed by atoms with Gasteiger partial charge in [0.15, 0.2) is 0 Å². The molecule has 1 rings (SSSR count). The van der Waals surface area contributed by atoms with Crippen LogP contribution in [-0.2, 0) is 16.0 Å². The van der Waals surface area contributed by atoms with Gasteiger partial charge >= 0.3 is 5.97 Å². The van der Waals surface area contributed by atoms with Crippen LogP contribution in [0.25, 0.3) is 0 Å². The van der Waals surface area contributed by atoms with Gasteiger partial charge in [-0.15, -0.1) is 0 Å². The lowest BCUT2D eigenvalue weighted by molar-refractivity contribution is -0.142. The predicted octanol–water partition coefficient (Wildman–Crippen LogP) is 1.83. The van der Waals surface area contributed by atoms with E-state index in [2.05, 4.69) is 9.72 Å². The molecule has 0 bridgehead atoms. The van der Waals surface area contributed by atoms with Gasteiger partial charge in [0.05, 0.1) is 18.7 Å². The zero-order chi connectivity index (χ0) is 12.1. The minimum atomic E-state index is -2.70. The maximum atomic E-state index is 12.2. The molecule has 1 aromatic rings. The third-order valence-electron chi connectivity index (χ3n) is 1.84. The van der Waals surface area contributed by atoms with Crippen LogP contribution in [0.15, 0.2) is 12.3 Å². The minimum absolute atomic E-state index is 0.0304. The van der Waals surface area contributed by atoms with Gasteiger partial charge in [-0.2, -0.15) is 0 Å². The molecule has 1 N–H and O–H groups in total. The van der Waals surface area contributed by atoms with E-state index in [1.807, 2.05) is 0 Å². The van der Waals surface area contributed by atoms with E-state index in [1.54, 1.807) is 6.92 Å². The van der Waals surface area contributed by atoms with Gasteiger partial charge in [-0.3, -0.25) is 9.78 Å². The topological polar surface area (TPSA) is 59.4 Å². The summed E-state index contributed by atoms with van der Waals surface area (Å²) in [6.45, 7) is 1.86. The van der Waals surface area contributed by atoms with E-state index in [0.717, 1.165) is 12.3 Å². The van der Waals surface area contributed by atoms with E-state index < -0.39 is 18.1 Å². The van der Waals surface area contributed by atoms with E-state index in [9.17, 15) is 18.7 Å². The monoisotopic (exact) mass is 231 g/mol. The Labute approximate surface area is 90.9 Å². The predicted molar refractivity (Wildman–Crippen MR) is 51.2 cm³/mol. The Hall–Kier alpha value is -1.72. The number of ether oxygens (including phenoxy) is 1. The number of alkyl halides is 2. The van der Waals surface area contributed by atoms with Crippen LogP contribution < -0.4 is 0 Å². The van der Waals surface area contributed by atoms with Crippen molar-refractivity contribution in [2.24, 2.45) is 0 Å². The molecule has 88 valence electrons. The normalized spacial score (nSPS) is 10.5. The Morgan fingerprint density at radius 2 is 2.31 bits per heavy atom. The smallest absolute Gasteiger partial charge is 0.312 e. The van der Waals surface area contributed by atoms with Crippen LogP contribution in [0.2, 0.25) is 0 Å². The number of esters is 1. The molecular formula is C10H11F2NO3. The first kappa shape index (κ1) is 12.4. The van der Waals surface area contributed by atoms with Gasteiger partial charge in [-0.05, 0) is 13.0 Å². The van der Waals surface area contributed by atoms with Crippen LogP contribution in [0.1, 0.15) is 24.6 Å². The summed E-state index contributed by atoms with van der Waals surface area (Å²) < 4.78 is 29.1. The molecule has 0 spiro atoms. The third-order valence-corrected chi connectivity index (χ3v) is 1.84. The fourth-order valence-electron chi connectivity index (χ4n) is 1.10. The van der Waals surface area contributed by atoms with Gasteiger partial charge in [0.25, 0.3) is 6.43 Å². The highest BCUT2D eigenvalue weighted by Gasteiger charge is 2.14. The number of halogens is 2. The highest BCUT2D eigenvalue weighted by atomic mass is 19.3. The summed E-state index contributed by atoms with van der Waals surface area (Å²) in [6.07, 6.45) is -2.00. The van der Waals surface area contributed by atoms with Crippen molar-refractivity contribution in [1.29, 1.82) is 0 Å². The molecule has 0 saturated carbocycles. The second-order valence-corrected chi connectivity index (χ2v) is 3.02. The number of hydrogen-bond donors (Lipinski definition) is 1. The lowest BCUT2D eigenvalue weighted by atomic mass is 10.2. The van der Waals surface area contributed by atoms with Gasteiger partial charge in [-0.25, -0.2) is 8.78 Å². The standard InChI is InChI=1S/C10H11F2NO3/c1-2-16-9(15)4-7-8(14)3-6(5-13-7)10(11)12/h3,5,10,14H,2,4H2,1H3. The third kappa shape index (κ3) is 3.15. The van der Waals surface area contributed by atoms with Crippen LogP contribution >= 0.6 is 0 Å². The lowest BCUT2D eigenvalue weighted by Gasteiger charge is -2.05. The fraction of sp³-hybridized carbons (Fsp3) is 0.400. The van der Waals surface area contributed by atoms with Crippen molar-refractivity contribution in [3.05, 3.63) is 23.5 Å². The SMILES string of the molecule is CCOC(=O)Cc1ncc(C(F)F)cc1O. The number of nitrogens with zero attached hydrogens (tertiary/aromatic N) is 1. The van der Waals surface area contributed by atoms with Crippen LogP contribution in [0.4, 0.5) is 8.78 Å². The maximum Gasteiger partial charge on any atom is 0.312 e. The second kappa shape index (κ2) is 5.39. The molecule has 0 atom stereocenters. The highest BCUT2D eigenvalue weighted by molar-refractivity contribution is 5.72. The van der Waals surface area contributed by atoms with Gasteiger partial charge in [-0.1, -0.05) is 0 Å². The number of carbonyl (C=O) groups excluding carboxylic acids is 1. The van der Waals surface area contributed by atoms with Gasteiger partial charge in [0.2, 0.25) is 0 Å². The molecular weight excluding hydrogens is 220 g/mol. The quantitative estimate of drug-likeness (QED) is 0.803. The Balaban J connectivity index is 2.79. The second-order valence-electron chi connectivity index (χ2n) is 3.02. The van der Waals surface area contributed by atoms with Gasteiger partial charge < -0.3 is 9.84 Å². The molecule has 0 fully saturated rings. The molecule has 0 aromatic carbocycles. The van der Waals surface area contributed by atoms with Gasteiger partial charge in [0, 0.05) is 11.8 Å². The molecule has 6 heteroatoms. The Morgan fingerprint density at radius 1 is 1.62 bits per heavy atom. The molecule has 0 aliphatic carbocycles. The first-order valence-electron chi connectivity index (χ1n) is 4.66. The molecule has 0 aliphatic rings. The molecule has 0 saturated heterocycles. The molecule has 0 amide bonds. The molecule has 0 aliphatic heterocycles.